The molecule has 18 heavy (non-hydrogen) atoms. The van der Waals surface area contributed by atoms with Crippen LogP contribution in [0.15, 0.2) is 30.3 Å². The number of piperidine rings is 1. The summed E-state index contributed by atoms with van der Waals surface area (Å²) in [6, 6.07) is 10.4. The lowest BCUT2D eigenvalue weighted by atomic mass is 9.93. The molecule has 0 unspecified atom stereocenters. The van der Waals surface area contributed by atoms with Gasteiger partial charge >= 0.3 is 5.97 Å². The molecule has 0 aromatic heterocycles. The minimum atomic E-state index is -0.661. The zero-order chi connectivity index (χ0) is 12.1. The van der Waals surface area contributed by atoms with E-state index in [9.17, 15) is 4.79 Å². The zero-order valence-electron chi connectivity index (χ0n) is 10.4. The topological polar surface area (TPSA) is 40.5 Å². The van der Waals surface area contributed by atoms with E-state index in [4.69, 9.17) is 5.11 Å². The second-order valence-electron chi connectivity index (χ2n) is 4.80. The van der Waals surface area contributed by atoms with Gasteiger partial charge in [0.1, 0.15) is 0 Å². The van der Waals surface area contributed by atoms with Crippen molar-refractivity contribution < 1.29 is 9.90 Å². The van der Waals surface area contributed by atoms with Gasteiger partial charge in [-0.15, -0.1) is 12.4 Å². The Kier molecular flexibility index (Phi) is 6.16. The van der Waals surface area contributed by atoms with Gasteiger partial charge in [0.15, 0.2) is 0 Å². The molecular formula is C14H20ClNO2. The summed E-state index contributed by atoms with van der Waals surface area (Å²) in [4.78, 5) is 13.0. The molecule has 1 fully saturated rings. The maximum absolute atomic E-state index is 10.6. The summed E-state index contributed by atoms with van der Waals surface area (Å²) in [5.74, 6) is -0.286. The molecule has 1 aliphatic rings. The summed E-state index contributed by atoms with van der Waals surface area (Å²) >= 11 is 0. The molecule has 1 N–H and O–H groups in total. The Morgan fingerprint density at radius 3 is 2.39 bits per heavy atom. The van der Waals surface area contributed by atoms with Gasteiger partial charge in [-0.2, -0.15) is 0 Å². The van der Waals surface area contributed by atoms with Gasteiger partial charge in [0, 0.05) is 13.0 Å². The largest absolute Gasteiger partial charge is 0.481 e. The first-order valence-electron chi connectivity index (χ1n) is 6.22. The molecule has 100 valence electrons. The lowest BCUT2D eigenvalue weighted by Gasteiger charge is -2.31. The van der Waals surface area contributed by atoms with E-state index in [1.54, 1.807) is 0 Å². The molecular weight excluding hydrogens is 250 g/mol. The maximum Gasteiger partial charge on any atom is 0.303 e. The monoisotopic (exact) mass is 269 g/mol. The first kappa shape index (κ1) is 15.0. The Morgan fingerprint density at radius 1 is 1.22 bits per heavy atom. The average molecular weight is 270 g/mol. The molecule has 0 aliphatic carbocycles. The number of nitrogens with zero attached hydrogens (tertiary/aromatic N) is 1. The summed E-state index contributed by atoms with van der Waals surface area (Å²) < 4.78 is 0. The standard InChI is InChI=1S/C14H19NO2.ClH/c16-14(17)10-12-6-8-15(9-7-12)11-13-4-2-1-3-5-13;/h1-5,12H,6-11H2,(H,16,17);1H. The molecule has 0 atom stereocenters. The number of rotatable bonds is 4. The summed E-state index contributed by atoms with van der Waals surface area (Å²) in [5.41, 5.74) is 1.34. The van der Waals surface area contributed by atoms with Crippen molar-refractivity contribution in [3.63, 3.8) is 0 Å². The van der Waals surface area contributed by atoms with E-state index in [0.29, 0.717) is 12.3 Å². The van der Waals surface area contributed by atoms with Crippen LogP contribution >= 0.6 is 12.4 Å². The Balaban J connectivity index is 0.00000162. The molecule has 1 aliphatic heterocycles. The second kappa shape index (κ2) is 7.39. The van der Waals surface area contributed by atoms with Crippen LogP contribution in [-0.4, -0.2) is 29.1 Å². The molecule has 2 rings (SSSR count). The summed E-state index contributed by atoms with van der Waals surface area (Å²) in [6.45, 7) is 3.03. The predicted octanol–water partition coefficient (Wildman–Crippen LogP) is 2.80. The van der Waals surface area contributed by atoms with Gasteiger partial charge in [0.25, 0.3) is 0 Å². The first-order chi connectivity index (χ1) is 8.24. The minimum Gasteiger partial charge on any atom is -0.481 e. The second-order valence-corrected chi connectivity index (χ2v) is 4.80. The highest BCUT2D eigenvalue weighted by Gasteiger charge is 2.20. The van der Waals surface area contributed by atoms with Crippen molar-refractivity contribution in [2.75, 3.05) is 13.1 Å². The van der Waals surface area contributed by atoms with E-state index in [2.05, 4.69) is 29.2 Å². The molecule has 0 radical (unpaired) electrons. The third kappa shape index (κ3) is 4.67. The molecule has 1 heterocycles. The van der Waals surface area contributed by atoms with Crippen LogP contribution in [0.2, 0.25) is 0 Å². The number of carboxylic acids is 1. The van der Waals surface area contributed by atoms with Gasteiger partial charge in [-0.25, -0.2) is 0 Å². The average Bonchev–Trinajstić information content (AvgIpc) is 2.32. The summed E-state index contributed by atoms with van der Waals surface area (Å²) in [5, 5.41) is 8.75. The molecule has 0 saturated carbocycles. The lowest BCUT2D eigenvalue weighted by Crippen LogP contribution is -2.33. The Hall–Kier alpha value is -1.06. The van der Waals surface area contributed by atoms with Crippen LogP contribution in [0.25, 0.3) is 0 Å². The maximum atomic E-state index is 10.6. The van der Waals surface area contributed by atoms with E-state index in [0.717, 1.165) is 32.5 Å². The molecule has 0 spiro atoms. The Bertz CT molecular complexity index is 361. The first-order valence-corrected chi connectivity index (χ1v) is 6.22. The molecule has 0 amide bonds. The van der Waals surface area contributed by atoms with Crippen LogP contribution < -0.4 is 0 Å². The van der Waals surface area contributed by atoms with E-state index >= 15 is 0 Å². The van der Waals surface area contributed by atoms with Crippen molar-refractivity contribution in [2.24, 2.45) is 5.92 Å². The van der Waals surface area contributed by atoms with Gasteiger partial charge in [-0.1, -0.05) is 30.3 Å². The number of hydrogen-bond acceptors (Lipinski definition) is 2. The van der Waals surface area contributed by atoms with Crippen LogP contribution in [0.5, 0.6) is 0 Å². The van der Waals surface area contributed by atoms with E-state index < -0.39 is 5.97 Å². The van der Waals surface area contributed by atoms with Crippen LogP contribution in [-0.2, 0) is 11.3 Å². The van der Waals surface area contributed by atoms with E-state index in [1.807, 2.05) is 6.07 Å². The fraction of sp³-hybridized carbons (Fsp3) is 0.500. The molecule has 1 aromatic carbocycles. The molecule has 1 saturated heterocycles. The van der Waals surface area contributed by atoms with Gasteiger partial charge < -0.3 is 5.11 Å². The van der Waals surface area contributed by atoms with Gasteiger partial charge in [0.2, 0.25) is 0 Å². The number of hydrogen-bond donors (Lipinski definition) is 1. The van der Waals surface area contributed by atoms with E-state index in [1.165, 1.54) is 5.56 Å². The third-order valence-electron chi connectivity index (χ3n) is 3.42. The fourth-order valence-electron chi connectivity index (χ4n) is 2.44. The van der Waals surface area contributed by atoms with Gasteiger partial charge in [-0.3, -0.25) is 9.69 Å². The molecule has 1 aromatic rings. The van der Waals surface area contributed by atoms with Crippen molar-refractivity contribution in [3.05, 3.63) is 35.9 Å². The van der Waals surface area contributed by atoms with Crippen molar-refractivity contribution in [1.82, 2.24) is 4.90 Å². The highest BCUT2D eigenvalue weighted by molar-refractivity contribution is 5.85. The molecule has 4 heteroatoms. The number of aliphatic carboxylic acids is 1. The Labute approximate surface area is 114 Å². The zero-order valence-corrected chi connectivity index (χ0v) is 11.2. The Morgan fingerprint density at radius 2 is 1.83 bits per heavy atom. The molecule has 3 nitrogen and oxygen atoms in total. The number of likely N-dealkylation sites (tertiary alicyclic amines) is 1. The van der Waals surface area contributed by atoms with Crippen molar-refractivity contribution >= 4 is 18.4 Å². The normalized spacial score (nSPS) is 17.1. The van der Waals surface area contributed by atoms with Crippen LogP contribution in [0.3, 0.4) is 0 Å². The molecule has 0 bridgehead atoms. The number of carboxylic acid groups (broad SMARTS) is 1. The lowest BCUT2D eigenvalue weighted by molar-refractivity contribution is -0.138. The van der Waals surface area contributed by atoms with Crippen molar-refractivity contribution in [1.29, 1.82) is 0 Å². The van der Waals surface area contributed by atoms with Crippen molar-refractivity contribution in [2.45, 2.75) is 25.8 Å². The van der Waals surface area contributed by atoms with Crippen molar-refractivity contribution in [3.8, 4) is 0 Å². The summed E-state index contributed by atoms with van der Waals surface area (Å²) in [6.07, 6.45) is 2.36. The third-order valence-corrected chi connectivity index (χ3v) is 3.42. The highest BCUT2D eigenvalue weighted by Crippen LogP contribution is 2.21. The number of carbonyl (C=O) groups is 1. The highest BCUT2D eigenvalue weighted by atomic mass is 35.5. The SMILES string of the molecule is Cl.O=C(O)CC1CCN(Cc2ccccc2)CC1. The number of halogens is 1. The quantitative estimate of drug-likeness (QED) is 0.914. The smallest absolute Gasteiger partial charge is 0.303 e. The van der Waals surface area contributed by atoms with Gasteiger partial charge in [-0.05, 0) is 37.4 Å². The van der Waals surface area contributed by atoms with Crippen LogP contribution in [0.4, 0.5) is 0 Å². The van der Waals surface area contributed by atoms with Crippen LogP contribution in [0.1, 0.15) is 24.8 Å². The van der Waals surface area contributed by atoms with E-state index in [-0.39, 0.29) is 12.4 Å². The summed E-state index contributed by atoms with van der Waals surface area (Å²) in [7, 11) is 0. The van der Waals surface area contributed by atoms with Crippen LogP contribution in [0, 0.1) is 5.92 Å². The number of benzene rings is 1. The predicted molar refractivity (Wildman–Crippen MR) is 73.9 cm³/mol. The van der Waals surface area contributed by atoms with Gasteiger partial charge in [0.05, 0.1) is 0 Å². The fourth-order valence-corrected chi connectivity index (χ4v) is 2.44. The minimum absolute atomic E-state index is 0.